The Hall–Kier alpha value is -1.78. The molecule has 1 aromatic carbocycles. The van der Waals surface area contributed by atoms with Crippen LogP contribution in [-0.2, 0) is 6.42 Å². The summed E-state index contributed by atoms with van der Waals surface area (Å²) < 4.78 is 0. The molecule has 2 rings (SSSR count). The summed E-state index contributed by atoms with van der Waals surface area (Å²) in [5.74, 6) is 5.62. The number of nitrogens with two attached hydrogens (primary N) is 1. The highest BCUT2D eigenvalue weighted by molar-refractivity contribution is 5.30. The van der Waals surface area contributed by atoms with Crippen LogP contribution >= 0.6 is 0 Å². The third-order valence-electron chi connectivity index (χ3n) is 2.92. The molecule has 0 fully saturated rings. The van der Waals surface area contributed by atoms with Gasteiger partial charge < -0.3 is 0 Å². The SMILES string of the molecule is CCCc1ccc(C(NN)c2ccncn2)cc1. The standard InChI is InChI=1S/C14H18N4/c1-2-3-11-4-6-12(7-5-11)14(18-15)13-8-9-16-10-17-13/h4-10,14,18H,2-3,15H2,1H3. The summed E-state index contributed by atoms with van der Waals surface area (Å²) in [5.41, 5.74) is 6.12. The monoisotopic (exact) mass is 242 g/mol. The molecule has 0 aliphatic carbocycles. The van der Waals surface area contributed by atoms with Crippen molar-refractivity contribution in [1.29, 1.82) is 0 Å². The third kappa shape index (κ3) is 2.91. The second-order valence-corrected chi connectivity index (χ2v) is 4.23. The van der Waals surface area contributed by atoms with Crippen molar-refractivity contribution in [1.82, 2.24) is 15.4 Å². The molecule has 0 bridgehead atoms. The molecular weight excluding hydrogens is 224 g/mol. The zero-order chi connectivity index (χ0) is 12.8. The Balaban J connectivity index is 2.23. The van der Waals surface area contributed by atoms with Gasteiger partial charge in [0, 0.05) is 6.20 Å². The van der Waals surface area contributed by atoms with Crippen LogP contribution in [0.1, 0.15) is 36.2 Å². The highest BCUT2D eigenvalue weighted by atomic mass is 15.2. The first-order valence-electron chi connectivity index (χ1n) is 6.16. The summed E-state index contributed by atoms with van der Waals surface area (Å²) in [5, 5.41) is 0. The zero-order valence-corrected chi connectivity index (χ0v) is 10.5. The smallest absolute Gasteiger partial charge is 0.115 e. The van der Waals surface area contributed by atoms with Gasteiger partial charge in [0.1, 0.15) is 6.33 Å². The van der Waals surface area contributed by atoms with Crippen molar-refractivity contribution in [3.05, 3.63) is 59.7 Å². The molecule has 4 nitrogen and oxygen atoms in total. The molecule has 3 N–H and O–H groups in total. The van der Waals surface area contributed by atoms with Gasteiger partial charge in [0.25, 0.3) is 0 Å². The molecule has 0 aliphatic heterocycles. The van der Waals surface area contributed by atoms with Gasteiger partial charge in [0.15, 0.2) is 0 Å². The average molecular weight is 242 g/mol. The lowest BCUT2D eigenvalue weighted by Gasteiger charge is -2.15. The number of aryl methyl sites for hydroxylation is 1. The lowest BCUT2D eigenvalue weighted by atomic mass is 10.0. The van der Waals surface area contributed by atoms with Crippen molar-refractivity contribution in [3.8, 4) is 0 Å². The van der Waals surface area contributed by atoms with E-state index in [0.717, 1.165) is 24.1 Å². The predicted octanol–water partition coefficient (Wildman–Crippen LogP) is 1.98. The van der Waals surface area contributed by atoms with Crippen LogP contribution in [0.3, 0.4) is 0 Å². The van der Waals surface area contributed by atoms with Crippen LogP contribution in [0, 0.1) is 0 Å². The highest BCUT2D eigenvalue weighted by Crippen LogP contribution is 2.19. The molecule has 4 heteroatoms. The molecule has 1 unspecified atom stereocenters. The minimum Gasteiger partial charge on any atom is -0.271 e. The van der Waals surface area contributed by atoms with Crippen LogP contribution in [0.2, 0.25) is 0 Å². The number of aromatic nitrogens is 2. The number of hydrogen-bond acceptors (Lipinski definition) is 4. The zero-order valence-electron chi connectivity index (χ0n) is 10.5. The van der Waals surface area contributed by atoms with Gasteiger partial charge >= 0.3 is 0 Å². The van der Waals surface area contributed by atoms with Crippen LogP contribution in [-0.4, -0.2) is 9.97 Å². The molecule has 0 saturated heterocycles. The van der Waals surface area contributed by atoms with Crippen LogP contribution in [0.5, 0.6) is 0 Å². The average Bonchev–Trinajstić information content (AvgIpc) is 2.43. The van der Waals surface area contributed by atoms with Gasteiger partial charge in [-0.25, -0.2) is 15.4 Å². The van der Waals surface area contributed by atoms with E-state index in [0.29, 0.717) is 0 Å². The largest absolute Gasteiger partial charge is 0.271 e. The second-order valence-electron chi connectivity index (χ2n) is 4.23. The Kier molecular flexibility index (Phi) is 4.39. The topological polar surface area (TPSA) is 63.8 Å². The number of hydrazine groups is 1. The van der Waals surface area contributed by atoms with Gasteiger partial charge in [-0.3, -0.25) is 5.84 Å². The lowest BCUT2D eigenvalue weighted by Crippen LogP contribution is -2.29. The van der Waals surface area contributed by atoms with Gasteiger partial charge in [0.05, 0.1) is 11.7 Å². The van der Waals surface area contributed by atoms with E-state index in [2.05, 4.69) is 46.6 Å². The maximum atomic E-state index is 5.62. The minimum absolute atomic E-state index is 0.0938. The minimum atomic E-state index is -0.0938. The summed E-state index contributed by atoms with van der Waals surface area (Å²) in [6, 6.07) is 10.2. The van der Waals surface area contributed by atoms with Crippen molar-refractivity contribution < 1.29 is 0 Å². The van der Waals surface area contributed by atoms with Crippen molar-refractivity contribution in [2.24, 2.45) is 5.84 Å². The van der Waals surface area contributed by atoms with Crippen LogP contribution in [0.15, 0.2) is 42.9 Å². The van der Waals surface area contributed by atoms with Gasteiger partial charge in [-0.05, 0) is 23.6 Å². The molecule has 1 aromatic heterocycles. The normalized spacial score (nSPS) is 12.3. The highest BCUT2D eigenvalue weighted by Gasteiger charge is 2.13. The summed E-state index contributed by atoms with van der Waals surface area (Å²) in [7, 11) is 0. The fourth-order valence-corrected chi connectivity index (χ4v) is 1.99. The van der Waals surface area contributed by atoms with Gasteiger partial charge in [-0.2, -0.15) is 0 Å². The Labute approximate surface area is 107 Å². The quantitative estimate of drug-likeness (QED) is 0.621. The fraction of sp³-hybridized carbons (Fsp3) is 0.286. The first kappa shape index (κ1) is 12.7. The van der Waals surface area contributed by atoms with Gasteiger partial charge in [0.2, 0.25) is 0 Å². The van der Waals surface area contributed by atoms with Crippen LogP contribution in [0.25, 0.3) is 0 Å². The Morgan fingerprint density at radius 3 is 2.56 bits per heavy atom. The maximum Gasteiger partial charge on any atom is 0.115 e. The first-order chi connectivity index (χ1) is 8.85. The van der Waals surface area contributed by atoms with E-state index >= 15 is 0 Å². The molecule has 0 amide bonds. The number of nitrogens with zero attached hydrogens (tertiary/aromatic N) is 2. The van der Waals surface area contributed by atoms with Crippen molar-refractivity contribution in [3.63, 3.8) is 0 Å². The van der Waals surface area contributed by atoms with E-state index in [1.165, 1.54) is 11.9 Å². The lowest BCUT2D eigenvalue weighted by molar-refractivity contribution is 0.618. The summed E-state index contributed by atoms with van der Waals surface area (Å²) in [6.45, 7) is 2.18. The van der Waals surface area contributed by atoms with E-state index in [9.17, 15) is 0 Å². The molecule has 94 valence electrons. The number of rotatable bonds is 5. The van der Waals surface area contributed by atoms with E-state index in [4.69, 9.17) is 5.84 Å². The molecule has 18 heavy (non-hydrogen) atoms. The maximum absolute atomic E-state index is 5.62. The van der Waals surface area contributed by atoms with E-state index < -0.39 is 0 Å². The third-order valence-corrected chi connectivity index (χ3v) is 2.92. The van der Waals surface area contributed by atoms with E-state index in [1.807, 2.05) is 6.07 Å². The van der Waals surface area contributed by atoms with Crippen molar-refractivity contribution >= 4 is 0 Å². The van der Waals surface area contributed by atoms with Gasteiger partial charge in [-0.15, -0.1) is 0 Å². The predicted molar refractivity (Wildman–Crippen MR) is 71.6 cm³/mol. The van der Waals surface area contributed by atoms with Gasteiger partial charge in [-0.1, -0.05) is 37.6 Å². The molecule has 0 saturated carbocycles. The van der Waals surface area contributed by atoms with Crippen LogP contribution < -0.4 is 11.3 Å². The molecule has 2 aromatic rings. The Bertz CT molecular complexity index is 467. The summed E-state index contributed by atoms with van der Waals surface area (Å²) in [6.07, 6.45) is 5.52. The van der Waals surface area contributed by atoms with E-state index in [-0.39, 0.29) is 6.04 Å². The van der Waals surface area contributed by atoms with Crippen LogP contribution in [0.4, 0.5) is 0 Å². The second kappa shape index (κ2) is 6.23. The van der Waals surface area contributed by atoms with E-state index in [1.54, 1.807) is 6.20 Å². The first-order valence-corrected chi connectivity index (χ1v) is 6.16. The Morgan fingerprint density at radius 2 is 2.00 bits per heavy atom. The van der Waals surface area contributed by atoms with Crippen molar-refractivity contribution in [2.45, 2.75) is 25.8 Å². The number of nitrogens with one attached hydrogen (secondary N) is 1. The summed E-state index contributed by atoms with van der Waals surface area (Å²) >= 11 is 0. The summed E-state index contributed by atoms with van der Waals surface area (Å²) in [4.78, 5) is 8.15. The van der Waals surface area contributed by atoms with Crippen molar-refractivity contribution in [2.75, 3.05) is 0 Å². The molecule has 0 radical (unpaired) electrons. The Morgan fingerprint density at radius 1 is 1.22 bits per heavy atom. The number of benzene rings is 1. The number of hydrogen-bond donors (Lipinski definition) is 2. The molecule has 0 aliphatic rings. The molecule has 0 spiro atoms. The molecule has 1 atom stereocenters. The molecular formula is C14H18N4. The fourth-order valence-electron chi connectivity index (χ4n) is 1.99. The molecule has 1 heterocycles.